The van der Waals surface area contributed by atoms with Crippen LogP contribution in [0.25, 0.3) is 0 Å². The minimum atomic E-state index is 0. The molecule has 1 aromatic rings. The molecule has 0 spiro atoms. The number of hydrogen-bond acceptors (Lipinski definition) is 3. The third-order valence-corrected chi connectivity index (χ3v) is 6.89. The maximum absolute atomic E-state index is 12.7. The number of carbonyl (C=O) groups is 1. The third kappa shape index (κ3) is 6.34. The van der Waals surface area contributed by atoms with Crippen LogP contribution >= 0.6 is 24.0 Å². The third-order valence-electron chi connectivity index (χ3n) is 6.89. The van der Waals surface area contributed by atoms with E-state index in [2.05, 4.69) is 56.2 Å². The molecular formula is C24H38IN5O. The van der Waals surface area contributed by atoms with Gasteiger partial charge in [-0.25, -0.2) is 0 Å². The summed E-state index contributed by atoms with van der Waals surface area (Å²) in [6, 6.07) is 9.18. The van der Waals surface area contributed by atoms with Crippen molar-refractivity contribution < 1.29 is 4.79 Å². The molecule has 2 saturated heterocycles. The Hall–Kier alpha value is -1.35. The lowest BCUT2D eigenvalue weighted by Crippen LogP contribution is -2.54. The van der Waals surface area contributed by atoms with Crippen molar-refractivity contribution >= 4 is 35.8 Å². The van der Waals surface area contributed by atoms with Gasteiger partial charge in [0.2, 0.25) is 5.91 Å². The molecule has 2 atom stereocenters. The minimum Gasteiger partial charge on any atom is -0.353 e. The van der Waals surface area contributed by atoms with Gasteiger partial charge in [0.25, 0.3) is 0 Å². The smallest absolute Gasteiger partial charge is 0.236 e. The normalized spacial score (nSPS) is 24.9. The van der Waals surface area contributed by atoms with Crippen molar-refractivity contribution in [3.63, 3.8) is 0 Å². The molecule has 7 heteroatoms. The van der Waals surface area contributed by atoms with Crippen LogP contribution < -0.4 is 5.32 Å². The number of aryl methyl sites for hydroxylation is 1. The summed E-state index contributed by atoms with van der Waals surface area (Å²) >= 11 is 0. The highest BCUT2D eigenvalue weighted by Gasteiger charge is 2.40. The Labute approximate surface area is 204 Å². The van der Waals surface area contributed by atoms with Crippen LogP contribution in [0.4, 0.5) is 0 Å². The van der Waals surface area contributed by atoms with Crippen LogP contribution in [0.5, 0.6) is 0 Å². The Bertz CT molecular complexity index is 754. The van der Waals surface area contributed by atoms with E-state index in [4.69, 9.17) is 0 Å². The first-order valence-corrected chi connectivity index (χ1v) is 11.7. The second kappa shape index (κ2) is 11.5. The van der Waals surface area contributed by atoms with E-state index >= 15 is 0 Å². The number of guanidine groups is 1. The van der Waals surface area contributed by atoms with Gasteiger partial charge < -0.3 is 15.1 Å². The first-order chi connectivity index (χ1) is 14.7. The first kappa shape index (κ1) is 24.3. The predicted octanol–water partition coefficient (Wildman–Crippen LogP) is 3.06. The molecule has 31 heavy (non-hydrogen) atoms. The quantitative estimate of drug-likeness (QED) is 0.363. The van der Waals surface area contributed by atoms with Gasteiger partial charge >= 0.3 is 0 Å². The van der Waals surface area contributed by atoms with Crippen LogP contribution in [-0.2, 0) is 4.79 Å². The van der Waals surface area contributed by atoms with Gasteiger partial charge in [0, 0.05) is 58.3 Å². The Balaban J connectivity index is 0.00000272. The Morgan fingerprint density at radius 1 is 1.00 bits per heavy atom. The summed E-state index contributed by atoms with van der Waals surface area (Å²) in [6.45, 7) is 8.35. The first-order valence-electron chi connectivity index (χ1n) is 11.7. The predicted molar refractivity (Wildman–Crippen MR) is 137 cm³/mol. The number of benzene rings is 1. The van der Waals surface area contributed by atoms with Crippen molar-refractivity contribution in [2.45, 2.75) is 51.0 Å². The summed E-state index contributed by atoms with van der Waals surface area (Å²) in [4.78, 5) is 24.0. The van der Waals surface area contributed by atoms with Gasteiger partial charge in [-0.2, -0.15) is 0 Å². The molecule has 2 aliphatic heterocycles. The minimum absolute atomic E-state index is 0. The van der Waals surface area contributed by atoms with Gasteiger partial charge in [0.05, 0.1) is 6.54 Å². The van der Waals surface area contributed by atoms with Crippen molar-refractivity contribution in [1.29, 1.82) is 0 Å². The van der Waals surface area contributed by atoms with Gasteiger partial charge in [0.15, 0.2) is 5.96 Å². The zero-order valence-electron chi connectivity index (χ0n) is 19.1. The second-order valence-corrected chi connectivity index (χ2v) is 9.06. The molecule has 0 aromatic heterocycles. The molecule has 0 radical (unpaired) electrons. The molecule has 0 bridgehead atoms. The zero-order chi connectivity index (χ0) is 20.9. The SMILES string of the molecule is CN=C(NC1CC1c1ccccc1C)N1CCN(CC(=O)N2CCCCCC2)CC1.I. The summed E-state index contributed by atoms with van der Waals surface area (Å²) in [7, 11) is 1.88. The number of amides is 1. The molecule has 2 heterocycles. The molecule has 1 aromatic carbocycles. The average molecular weight is 540 g/mol. The van der Waals surface area contributed by atoms with Crippen LogP contribution in [0.15, 0.2) is 29.3 Å². The molecule has 6 nitrogen and oxygen atoms in total. The van der Waals surface area contributed by atoms with E-state index in [0.717, 1.165) is 58.1 Å². The topological polar surface area (TPSA) is 51.2 Å². The molecule has 3 aliphatic rings. The Kier molecular flexibility index (Phi) is 9.01. The lowest BCUT2D eigenvalue weighted by molar-refractivity contribution is -0.132. The molecule has 1 aliphatic carbocycles. The molecule has 2 unspecified atom stereocenters. The van der Waals surface area contributed by atoms with Gasteiger partial charge in [-0.05, 0) is 37.3 Å². The maximum atomic E-state index is 12.7. The van der Waals surface area contributed by atoms with Crippen LogP contribution in [-0.4, -0.2) is 85.5 Å². The highest BCUT2D eigenvalue weighted by atomic mass is 127. The second-order valence-electron chi connectivity index (χ2n) is 9.06. The van der Waals surface area contributed by atoms with Crippen LogP contribution in [0.2, 0.25) is 0 Å². The lowest BCUT2D eigenvalue weighted by atomic mass is 10.0. The van der Waals surface area contributed by atoms with Gasteiger partial charge in [-0.1, -0.05) is 37.1 Å². The highest BCUT2D eigenvalue weighted by Crippen LogP contribution is 2.42. The van der Waals surface area contributed by atoms with E-state index in [9.17, 15) is 4.79 Å². The van der Waals surface area contributed by atoms with Crippen molar-refractivity contribution in [1.82, 2.24) is 20.0 Å². The molecule has 1 N–H and O–H groups in total. The fourth-order valence-electron chi connectivity index (χ4n) is 4.89. The summed E-state index contributed by atoms with van der Waals surface area (Å²) in [6.07, 6.45) is 6.02. The van der Waals surface area contributed by atoms with Gasteiger partial charge in [-0.3, -0.25) is 14.7 Å². The average Bonchev–Trinajstić information content (AvgIpc) is 3.56. The van der Waals surface area contributed by atoms with E-state index in [1.165, 1.54) is 30.4 Å². The number of hydrogen-bond donors (Lipinski definition) is 1. The largest absolute Gasteiger partial charge is 0.353 e. The van der Waals surface area contributed by atoms with Crippen molar-refractivity contribution in [2.24, 2.45) is 4.99 Å². The number of halogens is 1. The van der Waals surface area contributed by atoms with Gasteiger partial charge in [0.1, 0.15) is 0 Å². The van der Waals surface area contributed by atoms with E-state index in [1.54, 1.807) is 0 Å². The van der Waals surface area contributed by atoms with E-state index in [0.29, 0.717) is 24.4 Å². The number of nitrogens with one attached hydrogen (secondary N) is 1. The van der Waals surface area contributed by atoms with Crippen LogP contribution in [0, 0.1) is 6.92 Å². The molecule has 3 fully saturated rings. The molecule has 1 amide bonds. The summed E-state index contributed by atoms with van der Waals surface area (Å²) in [5.41, 5.74) is 2.84. The number of likely N-dealkylation sites (tertiary alicyclic amines) is 1. The number of piperazine rings is 1. The van der Waals surface area contributed by atoms with Crippen molar-refractivity contribution in [2.75, 3.05) is 52.9 Å². The lowest BCUT2D eigenvalue weighted by Gasteiger charge is -2.37. The summed E-state index contributed by atoms with van der Waals surface area (Å²) in [5, 5.41) is 3.68. The number of rotatable bonds is 4. The molecular weight excluding hydrogens is 501 g/mol. The van der Waals surface area contributed by atoms with Crippen LogP contribution in [0.3, 0.4) is 0 Å². The van der Waals surface area contributed by atoms with E-state index in [1.807, 2.05) is 7.05 Å². The monoisotopic (exact) mass is 539 g/mol. The standard InChI is InChI=1S/C24H37N5O.HI/c1-19-9-5-6-10-20(19)21-17-22(21)26-24(25-2)29-15-13-27(14-16-29)18-23(30)28-11-7-3-4-8-12-28;/h5-6,9-10,21-22H,3-4,7-8,11-18H2,1-2H3,(H,25,26);1H. The maximum Gasteiger partial charge on any atom is 0.236 e. The fourth-order valence-corrected chi connectivity index (χ4v) is 4.89. The van der Waals surface area contributed by atoms with Crippen molar-refractivity contribution in [3.05, 3.63) is 35.4 Å². The van der Waals surface area contributed by atoms with E-state index in [-0.39, 0.29) is 24.0 Å². The van der Waals surface area contributed by atoms with E-state index < -0.39 is 0 Å². The number of carbonyl (C=O) groups excluding carboxylic acids is 1. The highest BCUT2D eigenvalue weighted by molar-refractivity contribution is 14.0. The summed E-state index contributed by atoms with van der Waals surface area (Å²) < 4.78 is 0. The Morgan fingerprint density at radius 2 is 1.68 bits per heavy atom. The molecule has 4 rings (SSSR count). The van der Waals surface area contributed by atoms with Gasteiger partial charge in [-0.15, -0.1) is 24.0 Å². The number of nitrogens with zero attached hydrogens (tertiary/aromatic N) is 4. The Morgan fingerprint density at radius 3 is 2.32 bits per heavy atom. The fraction of sp³-hybridized carbons (Fsp3) is 0.667. The number of aliphatic imine (C=N–C) groups is 1. The van der Waals surface area contributed by atoms with Crippen molar-refractivity contribution in [3.8, 4) is 0 Å². The molecule has 1 saturated carbocycles. The molecule has 172 valence electrons. The summed E-state index contributed by atoms with van der Waals surface area (Å²) in [5.74, 6) is 1.91. The zero-order valence-corrected chi connectivity index (χ0v) is 21.4. The van der Waals surface area contributed by atoms with Crippen LogP contribution in [0.1, 0.15) is 49.1 Å².